The van der Waals surface area contributed by atoms with Crippen LogP contribution in [0.15, 0.2) is 48.6 Å². The molecule has 0 bridgehead atoms. The SMILES string of the molecule is O=C(/C=C/c1ccc(O)c(O)c1)O[C@@H]1CC(O)(C(=O)OCCCOCCCO)C[C@@H](OC(=O)/C=C/c2ccc(O)c(O)c2)C1O. The standard InChI is InChI=1S/C31H36O14/c32-11-1-12-42-13-2-14-43-30(40)31(41)17-25(44-27(37)9-5-19-3-7-21(33)23(35)15-19)29(39)26(18-31)45-28(38)10-6-20-4-8-22(34)24(36)16-20/h3-10,15-16,25-26,29,32-36,39,41H,1-2,11-14,17-18H2/b9-5+,10-6+/t25-,26-,29?,31?/m1/s1. The first-order valence-corrected chi connectivity index (χ1v) is 14.0. The molecule has 2 aromatic rings. The molecule has 0 aliphatic heterocycles. The molecule has 0 amide bonds. The number of esters is 3. The summed E-state index contributed by atoms with van der Waals surface area (Å²) in [7, 11) is 0. The topological polar surface area (TPSA) is 230 Å². The van der Waals surface area contributed by atoms with Crippen LogP contribution < -0.4 is 0 Å². The number of ether oxygens (including phenoxy) is 4. The van der Waals surface area contributed by atoms with E-state index in [0.717, 1.165) is 12.2 Å². The zero-order valence-corrected chi connectivity index (χ0v) is 24.2. The largest absolute Gasteiger partial charge is 0.504 e. The number of benzene rings is 2. The van der Waals surface area contributed by atoms with Gasteiger partial charge in [0.15, 0.2) is 28.6 Å². The average Bonchev–Trinajstić information content (AvgIpc) is 3.00. The summed E-state index contributed by atoms with van der Waals surface area (Å²) in [5, 5.41) is 69.1. The van der Waals surface area contributed by atoms with Crippen LogP contribution in [0.25, 0.3) is 12.2 Å². The Morgan fingerprint density at radius 3 is 1.71 bits per heavy atom. The Hall–Kier alpha value is -4.63. The highest BCUT2D eigenvalue weighted by Gasteiger charge is 2.53. The molecule has 1 fully saturated rings. The smallest absolute Gasteiger partial charge is 0.338 e. The first kappa shape index (κ1) is 34.9. The first-order chi connectivity index (χ1) is 21.4. The third-order valence-electron chi connectivity index (χ3n) is 6.69. The van der Waals surface area contributed by atoms with E-state index in [0.29, 0.717) is 24.2 Å². The number of rotatable bonds is 14. The van der Waals surface area contributed by atoms with E-state index in [9.17, 15) is 45.0 Å². The van der Waals surface area contributed by atoms with Crippen molar-refractivity contribution in [2.75, 3.05) is 26.4 Å². The number of carbonyl (C=O) groups excluding carboxylic acids is 3. The Kier molecular flexibility index (Phi) is 12.7. The number of hydrogen-bond donors (Lipinski definition) is 7. The van der Waals surface area contributed by atoms with Crippen LogP contribution >= 0.6 is 0 Å². The molecule has 0 unspecified atom stereocenters. The van der Waals surface area contributed by atoms with E-state index in [1.807, 2.05) is 0 Å². The Labute approximate surface area is 258 Å². The van der Waals surface area contributed by atoms with Crippen LogP contribution in [-0.2, 0) is 33.3 Å². The predicted octanol–water partition coefficient (Wildman–Crippen LogP) is 1.28. The lowest BCUT2D eigenvalue weighted by Gasteiger charge is -2.41. The molecule has 1 aliphatic rings. The minimum Gasteiger partial charge on any atom is -0.504 e. The van der Waals surface area contributed by atoms with Crippen LogP contribution in [0.3, 0.4) is 0 Å². The van der Waals surface area contributed by atoms with Gasteiger partial charge < -0.3 is 54.7 Å². The molecule has 0 spiro atoms. The van der Waals surface area contributed by atoms with Gasteiger partial charge >= 0.3 is 17.9 Å². The maximum absolute atomic E-state index is 12.9. The number of aromatic hydroxyl groups is 4. The lowest BCUT2D eigenvalue weighted by atomic mass is 9.79. The van der Waals surface area contributed by atoms with Gasteiger partial charge in [0.05, 0.1) is 6.61 Å². The fourth-order valence-corrected chi connectivity index (χ4v) is 4.34. The summed E-state index contributed by atoms with van der Waals surface area (Å²) in [5.41, 5.74) is -1.67. The van der Waals surface area contributed by atoms with Crippen molar-refractivity contribution in [1.82, 2.24) is 0 Å². The molecule has 7 N–H and O–H groups in total. The van der Waals surface area contributed by atoms with Crippen LogP contribution in [0.5, 0.6) is 23.0 Å². The Balaban J connectivity index is 1.72. The lowest BCUT2D eigenvalue weighted by Crippen LogP contribution is -2.58. The van der Waals surface area contributed by atoms with Crippen molar-refractivity contribution >= 4 is 30.1 Å². The van der Waals surface area contributed by atoms with Crippen molar-refractivity contribution in [2.45, 2.75) is 49.6 Å². The van der Waals surface area contributed by atoms with Crippen LogP contribution in [0, 0.1) is 0 Å². The summed E-state index contributed by atoms with van der Waals surface area (Å²) < 4.78 is 21.1. The van der Waals surface area contributed by atoms with E-state index >= 15 is 0 Å². The number of hydrogen-bond acceptors (Lipinski definition) is 14. The molecule has 1 saturated carbocycles. The fourth-order valence-electron chi connectivity index (χ4n) is 4.34. The molecule has 2 aromatic carbocycles. The summed E-state index contributed by atoms with van der Waals surface area (Å²) in [6.45, 7) is 0.373. The molecular formula is C31H36O14. The number of aliphatic hydroxyl groups is 3. The van der Waals surface area contributed by atoms with Crippen molar-refractivity contribution < 1.29 is 69.1 Å². The Morgan fingerprint density at radius 2 is 1.24 bits per heavy atom. The van der Waals surface area contributed by atoms with Gasteiger partial charge in [0, 0.05) is 51.2 Å². The zero-order chi connectivity index (χ0) is 33.0. The molecule has 2 atom stereocenters. The molecule has 0 saturated heterocycles. The number of carbonyl (C=O) groups is 3. The molecule has 1 aliphatic carbocycles. The van der Waals surface area contributed by atoms with E-state index in [2.05, 4.69) is 0 Å². The molecule has 0 radical (unpaired) electrons. The number of aliphatic hydroxyl groups excluding tert-OH is 2. The van der Waals surface area contributed by atoms with Crippen LogP contribution in [0.2, 0.25) is 0 Å². The minimum absolute atomic E-state index is 0.0300. The van der Waals surface area contributed by atoms with Gasteiger partial charge in [-0.15, -0.1) is 0 Å². The zero-order valence-electron chi connectivity index (χ0n) is 24.2. The van der Waals surface area contributed by atoms with Gasteiger partial charge in [0.25, 0.3) is 0 Å². The second-order valence-corrected chi connectivity index (χ2v) is 10.2. The quantitative estimate of drug-likeness (QED) is 0.0512. The van der Waals surface area contributed by atoms with Gasteiger partial charge in [-0.3, -0.25) is 0 Å². The molecule has 3 rings (SSSR count). The summed E-state index contributed by atoms with van der Waals surface area (Å²) in [6.07, 6.45) is -0.750. The summed E-state index contributed by atoms with van der Waals surface area (Å²) in [5.74, 6) is -4.67. The molecule has 14 heteroatoms. The van der Waals surface area contributed by atoms with E-state index < -0.39 is 66.2 Å². The van der Waals surface area contributed by atoms with Crippen LogP contribution in [0.1, 0.15) is 36.8 Å². The van der Waals surface area contributed by atoms with Gasteiger partial charge in [-0.25, -0.2) is 14.4 Å². The van der Waals surface area contributed by atoms with E-state index in [4.69, 9.17) is 24.1 Å². The monoisotopic (exact) mass is 632 g/mol. The average molecular weight is 633 g/mol. The second-order valence-electron chi connectivity index (χ2n) is 10.2. The maximum Gasteiger partial charge on any atom is 0.338 e. The van der Waals surface area contributed by atoms with Gasteiger partial charge in [0.1, 0.15) is 18.3 Å². The first-order valence-electron chi connectivity index (χ1n) is 14.0. The van der Waals surface area contributed by atoms with E-state index in [1.165, 1.54) is 48.6 Å². The third-order valence-corrected chi connectivity index (χ3v) is 6.69. The van der Waals surface area contributed by atoms with Crippen molar-refractivity contribution in [2.24, 2.45) is 0 Å². The van der Waals surface area contributed by atoms with Gasteiger partial charge in [0.2, 0.25) is 0 Å². The van der Waals surface area contributed by atoms with Crippen molar-refractivity contribution in [1.29, 1.82) is 0 Å². The van der Waals surface area contributed by atoms with E-state index in [-0.39, 0.29) is 37.7 Å². The normalized spacial score (nSPS) is 21.5. The molecular weight excluding hydrogens is 596 g/mol. The second kappa shape index (κ2) is 16.4. The summed E-state index contributed by atoms with van der Waals surface area (Å²) >= 11 is 0. The molecule has 0 heterocycles. The van der Waals surface area contributed by atoms with Gasteiger partial charge in [-0.1, -0.05) is 12.1 Å². The molecule has 0 aromatic heterocycles. The van der Waals surface area contributed by atoms with Crippen molar-refractivity contribution in [3.05, 3.63) is 59.7 Å². The third kappa shape index (κ3) is 10.5. The van der Waals surface area contributed by atoms with Crippen molar-refractivity contribution in [3.63, 3.8) is 0 Å². The molecule has 45 heavy (non-hydrogen) atoms. The minimum atomic E-state index is -2.33. The van der Waals surface area contributed by atoms with Crippen LogP contribution in [-0.4, -0.2) is 104 Å². The highest BCUT2D eigenvalue weighted by Crippen LogP contribution is 2.34. The lowest BCUT2D eigenvalue weighted by molar-refractivity contribution is -0.206. The van der Waals surface area contributed by atoms with Crippen molar-refractivity contribution in [3.8, 4) is 23.0 Å². The maximum atomic E-state index is 12.9. The highest BCUT2D eigenvalue weighted by atomic mass is 16.6. The fraction of sp³-hybridized carbons (Fsp3) is 0.387. The molecule has 244 valence electrons. The Morgan fingerprint density at radius 1 is 0.756 bits per heavy atom. The summed E-state index contributed by atoms with van der Waals surface area (Å²) in [6, 6.07) is 7.59. The Bertz CT molecular complexity index is 1300. The molecule has 14 nitrogen and oxygen atoms in total. The van der Waals surface area contributed by atoms with Gasteiger partial charge in [-0.2, -0.15) is 0 Å². The van der Waals surface area contributed by atoms with E-state index in [1.54, 1.807) is 0 Å². The predicted molar refractivity (Wildman–Crippen MR) is 156 cm³/mol. The van der Waals surface area contributed by atoms with Crippen LogP contribution in [0.4, 0.5) is 0 Å². The number of phenols is 4. The number of phenolic OH excluding ortho intramolecular Hbond substituents is 4. The highest BCUT2D eigenvalue weighted by molar-refractivity contribution is 5.88. The van der Waals surface area contributed by atoms with Gasteiger partial charge in [-0.05, 0) is 54.0 Å². The summed E-state index contributed by atoms with van der Waals surface area (Å²) in [4.78, 5) is 38.1.